The number of hydrogen-bond donors (Lipinski definition) is 0. The fraction of sp³-hybridized carbons (Fsp3) is 0.417. The Balaban J connectivity index is 2.34. The van der Waals surface area contributed by atoms with E-state index in [0.29, 0.717) is 5.56 Å². The quantitative estimate of drug-likeness (QED) is 0.758. The van der Waals surface area contributed by atoms with Gasteiger partial charge in [0.25, 0.3) is 0 Å². The van der Waals surface area contributed by atoms with Crippen LogP contribution in [0.5, 0.6) is 0 Å². The van der Waals surface area contributed by atoms with Gasteiger partial charge in [0.1, 0.15) is 5.52 Å². The van der Waals surface area contributed by atoms with Crippen LogP contribution in [0.4, 0.5) is 0 Å². The summed E-state index contributed by atoms with van der Waals surface area (Å²) in [5.74, 6) is -0.352. The Morgan fingerprint density at radius 2 is 2.29 bits per heavy atom. The fourth-order valence-electron chi connectivity index (χ4n) is 1.69. The van der Waals surface area contributed by atoms with Crippen LogP contribution in [-0.4, -0.2) is 28.1 Å². The first-order chi connectivity index (χ1) is 8.26. The summed E-state index contributed by atoms with van der Waals surface area (Å²) >= 11 is 0. The molecule has 0 fully saturated rings. The zero-order valence-electron chi connectivity index (χ0n) is 10.0. The molecule has 17 heavy (non-hydrogen) atoms. The number of ether oxygens (including phenoxy) is 1. The van der Waals surface area contributed by atoms with Crippen LogP contribution in [0.15, 0.2) is 18.2 Å². The molecule has 1 heterocycles. The summed E-state index contributed by atoms with van der Waals surface area (Å²) in [4.78, 5) is 11.4. The van der Waals surface area contributed by atoms with E-state index in [2.05, 4.69) is 22.0 Å². The third-order valence-electron chi connectivity index (χ3n) is 2.66. The minimum Gasteiger partial charge on any atom is -0.465 e. The molecule has 5 nitrogen and oxygen atoms in total. The van der Waals surface area contributed by atoms with Crippen molar-refractivity contribution in [3.05, 3.63) is 23.8 Å². The van der Waals surface area contributed by atoms with Gasteiger partial charge in [-0.2, -0.15) is 0 Å². The number of benzene rings is 1. The second kappa shape index (κ2) is 4.95. The number of carbonyl (C=O) groups is 1. The smallest absolute Gasteiger partial charge is 0.337 e. The van der Waals surface area contributed by atoms with Gasteiger partial charge in [0.15, 0.2) is 0 Å². The Hall–Kier alpha value is -1.91. The third kappa shape index (κ3) is 2.27. The van der Waals surface area contributed by atoms with Gasteiger partial charge in [-0.25, -0.2) is 9.48 Å². The summed E-state index contributed by atoms with van der Waals surface area (Å²) in [7, 11) is 1.37. The predicted molar refractivity (Wildman–Crippen MR) is 63.8 cm³/mol. The molecule has 0 unspecified atom stereocenters. The number of aromatic nitrogens is 3. The first kappa shape index (κ1) is 11.6. The lowest BCUT2D eigenvalue weighted by molar-refractivity contribution is 0.0601. The van der Waals surface area contributed by atoms with E-state index in [-0.39, 0.29) is 5.97 Å². The molecule has 0 spiro atoms. The van der Waals surface area contributed by atoms with Gasteiger partial charge in [-0.05, 0) is 24.6 Å². The molecule has 0 aliphatic heterocycles. The number of nitrogens with zero attached hydrogens (tertiary/aromatic N) is 3. The molecule has 0 aliphatic carbocycles. The lowest BCUT2D eigenvalue weighted by Gasteiger charge is -2.01. The monoisotopic (exact) mass is 233 g/mol. The Labute approximate surface area is 99.4 Å². The van der Waals surface area contributed by atoms with Crippen molar-refractivity contribution in [2.24, 2.45) is 0 Å². The summed E-state index contributed by atoms with van der Waals surface area (Å²) in [6, 6.07) is 5.30. The van der Waals surface area contributed by atoms with Gasteiger partial charge in [-0.3, -0.25) is 0 Å². The second-order valence-electron chi connectivity index (χ2n) is 3.86. The van der Waals surface area contributed by atoms with Gasteiger partial charge in [0, 0.05) is 6.54 Å². The number of unbranched alkanes of at least 4 members (excludes halogenated alkanes) is 1. The minimum atomic E-state index is -0.352. The van der Waals surface area contributed by atoms with E-state index in [1.807, 2.05) is 10.7 Å². The van der Waals surface area contributed by atoms with E-state index in [1.165, 1.54) is 7.11 Å². The van der Waals surface area contributed by atoms with E-state index < -0.39 is 0 Å². The summed E-state index contributed by atoms with van der Waals surface area (Å²) in [6.07, 6.45) is 2.18. The van der Waals surface area contributed by atoms with Crippen molar-refractivity contribution in [1.29, 1.82) is 0 Å². The van der Waals surface area contributed by atoms with Crippen LogP contribution in [0, 0.1) is 0 Å². The largest absolute Gasteiger partial charge is 0.465 e. The van der Waals surface area contributed by atoms with E-state index in [1.54, 1.807) is 12.1 Å². The van der Waals surface area contributed by atoms with Crippen molar-refractivity contribution in [2.45, 2.75) is 26.3 Å². The average Bonchev–Trinajstić information content (AvgIpc) is 2.77. The zero-order valence-corrected chi connectivity index (χ0v) is 10.0. The number of esters is 1. The molecule has 2 rings (SSSR count). The van der Waals surface area contributed by atoms with Crippen LogP contribution in [-0.2, 0) is 11.3 Å². The highest BCUT2D eigenvalue weighted by Gasteiger charge is 2.09. The molecule has 0 bridgehead atoms. The second-order valence-corrected chi connectivity index (χ2v) is 3.86. The number of aryl methyl sites for hydroxylation is 1. The number of hydrogen-bond acceptors (Lipinski definition) is 4. The summed E-state index contributed by atoms with van der Waals surface area (Å²) in [5, 5.41) is 8.13. The summed E-state index contributed by atoms with van der Waals surface area (Å²) in [5.41, 5.74) is 2.18. The Bertz CT molecular complexity index is 534. The number of methoxy groups -OCH3 is 1. The molecule has 0 saturated carbocycles. The average molecular weight is 233 g/mol. The van der Waals surface area contributed by atoms with Gasteiger partial charge in [-0.1, -0.05) is 18.6 Å². The Kier molecular flexibility index (Phi) is 3.37. The lowest BCUT2D eigenvalue weighted by atomic mass is 10.2. The maximum absolute atomic E-state index is 11.4. The highest BCUT2D eigenvalue weighted by Crippen LogP contribution is 2.14. The molecule has 0 radical (unpaired) electrons. The van der Waals surface area contributed by atoms with Crippen LogP contribution in [0.3, 0.4) is 0 Å². The highest BCUT2D eigenvalue weighted by atomic mass is 16.5. The van der Waals surface area contributed by atoms with Crippen molar-refractivity contribution in [1.82, 2.24) is 15.0 Å². The van der Waals surface area contributed by atoms with E-state index >= 15 is 0 Å². The molecule has 2 aromatic rings. The van der Waals surface area contributed by atoms with Crippen molar-refractivity contribution in [2.75, 3.05) is 7.11 Å². The standard InChI is InChI=1S/C12H15N3O2/c1-3-4-7-15-11-6-5-9(12(16)17-2)8-10(11)13-14-15/h5-6,8H,3-4,7H2,1-2H3. The molecule has 90 valence electrons. The molecular weight excluding hydrogens is 218 g/mol. The van der Waals surface area contributed by atoms with Gasteiger partial charge in [0.2, 0.25) is 0 Å². The molecule has 0 atom stereocenters. The van der Waals surface area contributed by atoms with Gasteiger partial charge >= 0.3 is 5.97 Å². The topological polar surface area (TPSA) is 57.0 Å². The fourth-order valence-corrected chi connectivity index (χ4v) is 1.69. The van der Waals surface area contributed by atoms with Crippen molar-refractivity contribution < 1.29 is 9.53 Å². The van der Waals surface area contributed by atoms with Crippen molar-refractivity contribution in [3.63, 3.8) is 0 Å². The van der Waals surface area contributed by atoms with Crippen LogP contribution < -0.4 is 0 Å². The van der Waals surface area contributed by atoms with Crippen LogP contribution in [0.1, 0.15) is 30.1 Å². The molecule has 0 amide bonds. The van der Waals surface area contributed by atoms with Crippen molar-refractivity contribution in [3.8, 4) is 0 Å². The minimum absolute atomic E-state index is 0.352. The molecule has 1 aromatic carbocycles. The van der Waals surface area contributed by atoms with E-state index in [4.69, 9.17) is 0 Å². The summed E-state index contributed by atoms with van der Waals surface area (Å²) in [6.45, 7) is 2.99. The molecule has 5 heteroatoms. The molecule has 0 aliphatic rings. The maximum Gasteiger partial charge on any atom is 0.337 e. The predicted octanol–water partition coefficient (Wildman–Crippen LogP) is 2.02. The van der Waals surface area contributed by atoms with Crippen LogP contribution in [0.25, 0.3) is 11.0 Å². The van der Waals surface area contributed by atoms with Gasteiger partial charge < -0.3 is 4.74 Å². The molecule has 0 saturated heterocycles. The molecule has 1 aromatic heterocycles. The molecular formula is C12H15N3O2. The lowest BCUT2D eigenvalue weighted by Crippen LogP contribution is -2.02. The third-order valence-corrected chi connectivity index (χ3v) is 2.66. The van der Waals surface area contributed by atoms with E-state index in [0.717, 1.165) is 30.4 Å². The van der Waals surface area contributed by atoms with Crippen molar-refractivity contribution >= 4 is 17.0 Å². The number of rotatable bonds is 4. The Morgan fingerprint density at radius 1 is 1.47 bits per heavy atom. The normalized spacial score (nSPS) is 10.7. The van der Waals surface area contributed by atoms with Crippen LogP contribution >= 0.6 is 0 Å². The highest BCUT2D eigenvalue weighted by molar-refractivity contribution is 5.93. The van der Waals surface area contributed by atoms with Gasteiger partial charge in [-0.15, -0.1) is 5.10 Å². The van der Waals surface area contributed by atoms with Gasteiger partial charge in [0.05, 0.1) is 18.2 Å². The number of carbonyl (C=O) groups excluding carboxylic acids is 1. The SMILES string of the molecule is CCCCn1nnc2cc(C(=O)OC)ccc21. The maximum atomic E-state index is 11.4. The Morgan fingerprint density at radius 3 is 3.00 bits per heavy atom. The zero-order chi connectivity index (χ0) is 12.3. The number of fused-ring (bicyclic) bond motifs is 1. The molecule has 0 N–H and O–H groups in total. The first-order valence-electron chi connectivity index (χ1n) is 5.68. The first-order valence-corrected chi connectivity index (χ1v) is 5.68. The van der Waals surface area contributed by atoms with E-state index in [9.17, 15) is 4.79 Å². The summed E-state index contributed by atoms with van der Waals surface area (Å²) < 4.78 is 6.52. The van der Waals surface area contributed by atoms with Crippen LogP contribution in [0.2, 0.25) is 0 Å².